The zero-order valence-corrected chi connectivity index (χ0v) is 15.5. The molecule has 3 amide bonds. The summed E-state index contributed by atoms with van der Waals surface area (Å²) >= 11 is 6.06. The number of aliphatic hydroxyl groups excluding tert-OH is 1. The molecule has 26 heavy (non-hydrogen) atoms. The number of urea groups is 1. The minimum atomic E-state index is -0.937. The van der Waals surface area contributed by atoms with Crippen LogP contribution in [0, 0.1) is 0 Å². The van der Waals surface area contributed by atoms with Crippen molar-refractivity contribution in [2.45, 2.75) is 56.8 Å². The number of carbonyl (C=O) groups excluding carboxylic acids is 2. The molecule has 1 spiro atoms. The first-order valence-electron chi connectivity index (χ1n) is 9.15. The molecule has 6 nitrogen and oxygen atoms in total. The Morgan fingerprint density at radius 3 is 2.58 bits per heavy atom. The van der Waals surface area contributed by atoms with Crippen LogP contribution in [0.4, 0.5) is 4.79 Å². The molecule has 3 rings (SSSR count). The van der Waals surface area contributed by atoms with Crippen LogP contribution in [0.25, 0.3) is 0 Å². The molecule has 1 saturated carbocycles. The van der Waals surface area contributed by atoms with Gasteiger partial charge in [0.15, 0.2) is 0 Å². The second-order valence-corrected chi connectivity index (χ2v) is 7.51. The molecule has 1 aromatic rings. The largest absolute Gasteiger partial charge is 0.389 e. The quantitative estimate of drug-likeness (QED) is 0.744. The number of nitrogens with zero attached hydrogens (tertiary/aromatic N) is 1. The summed E-state index contributed by atoms with van der Waals surface area (Å²) in [6, 6.07) is 6.90. The van der Waals surface area contributed by atoms with Gasteiger partial charge in [0.2, 0.25) is 0 Å². The number of aliphatic hydroxyl groups is 1. The van der Waals surface area contributed by atoms with Gasteiger partial charge in [0, 0.05) is 5.02 Å². The van der Waals surface area contributed by atoms with E-state index in [0.29, 0.717) is 17.9 Å². The van der Waals surface area contributed by atoms with Crippen LogP contribution in [-0.4, -0.2) is 46.7 Å². The Kier molecular flexibility index (Phi) is 6.16. The molecule has 1 saturated heterocycles. The van der Waals surface area contributed by atoms with Gasteiger partial charge in [0.1, 0.15) is 5.54 Å². The fraction of sp³-hybridized carbons (Fsp3) is 0.579. The molecule has 1 aromatic carbocycles. The third-order valence-electron chi connectivity index (χ3n) is 5.12. The molecule has 2 N–H and O–H groups in total. The predicted octanol–water partition coefficient (Wildman–Crippen LogP) is 2.86. The molecule has 1 unspecified atom stereocenters. The molecular formula is C19H25ClN2O4. The fourth-order valence-electron chi connectivity index (χ4n) is 3.70. The monoisotopic (exact) mass is 380 g/mol. The lowest BCUT2D eigenvalue weighted by atomic mass is 9.90. The van der Waals surface area contributed by atoms with Crippen molar-refractivity contribution in [3.8, 4) is 0 Å². The first kappa shape index (κ1) is 19.1. The van der Waals surface area contributed by atoms with Crippen molar-refractivity contribution < 1.29 is 19.4 Å². The third-order valence-corrected chi connectivity index (χ3v) is 5.49. The molecule has 1 heterocycles. The van der Waals surface area contributed by atoms with E-state index in [2.05, 4.69) is 5.32 Å². The van der Waals surface area contributed by atoms with E-state index in [1.807, 2.05) is 18.2 Å². The molecule has 142 valence electrons. The summed E-state index contributed by atoms with van der Waals surface area (Å²) in [6.45, 7) is 0.227. The molecule has 1 aliphatic carbocycles. The number of β-amino-alcohol motifs (C(OH)–C–C–N with tert-alkyl or cyclic N) is 1. The number of hydrogen-bond donors (Lipinski definition) is 2. The first-order chi connectivity index (χ1) is 12.5. The summed E-state index contributed by atoms with van der Waals surface area (Å²) in [6.07, 6.45) is 4.45. The molecule has 2 aliphatic rings. The second-order valence-electron chi connectivity index (χ2n) is 7.10. The van der Waals surface area contributed by atoms with E-state index < -0.39 is 17.7 Å². The van der Waals surface area contributed by atoms with Gasteiger partial charge in [-0.2, -0.15) is 0 Å². The van der Waals surface area contributed by atoms with E-state index in [9.17, 15) is 14.7 Å². The zero-order chi connectivity index (χ0) is 18.6. The van der Waals surface area contributed by atoms with Gasteiger partial charge in [0.05, 0.1) is 25.9 Å². The van der Waals surface area contributed by atoms with Crippen LogP contribution in [0.15, 0.2) is 24.3 Å². The summed E-state index contributed by atoms with van der Waals surface area (Å²) in [5.41, 5.74) is 0.0555. The lowest BCUT2D eigenvalue weighted by Crippen LogP contribution is -2.47. The van der Waals surface area contributed by atoms with Crippen molar-refractivity contribution in [1.82, 2.24) is 10.2 Å². The van der Waals surface area contributed by atoms with Gasteiger partial charge in [-0.15, -0.1) is 0 Å². The highest BCUT2D eigenvalue weighted by Gasteiger charge is 2.50. The van der Waals surface area contributed by atoms with E-state index >= 15 is 0 Å². The van der Waals surface area contributed by atoms with Gasteiger partial charge in [-0.05, 0) is 24.5 Å². The number of ether oxygens (including phenoxy) is 1. The van der Waals surface area contributed by atoms with E-state index in [4.69, 9.17) is 16.3 Å². The standard InChI is InChI=1S/C19H25ClN2O4/c20-16-8-4-3-7-14(16)12-26-13-15(23)11-22-17(24)19(21-18(22)25)9-5-1-2-6-10-19/h3-4,7-8,15,23H,1-2,5-6,9-13H2,(H,21,25). The summed E-state index contributed by atoms with van der Waals surface area (Å²) in [4.78, 5) is 26.2. The van der Waals surface area contributed by atoms with E-state index in [1.165, 1.54) is 0 Å². The van der Waals surface area contributed by atoms with Gasteiger partial charge in [-0.25, -0.2) is 4.79 Å². The summed E-state index contributed by atoms with van der Waals surface area (Å²) in [7, 11) is 0. The maximum Gasteiger partial charge on any atom is 0.325 e. The van der Waals surface area contributed by atoms with Gasteiger partial charge in [-0.1, -0.05) is 55.5 Å². The van der Waals surface area contributed by atoms with E-state index in [-0.39, 0.29) is 25.7 Å². The van der Waals surface area contributed by atoms with Crippen LogP contribution in [0.1, 0.15) is 44.1 Å². The predicted molar refractivity (Wildman–Crippen MR) is 97.8 cm³/mol. The van der Waals surface area contributed by atoms with Gasteiger partial charge in [0.25, 0.3) is 5.91 Å². The summed E-state index contributed by atoms with van der Waals surface area (Å²) in [5, 5.41) is 13.7. The van der Waals surface area contributed by atoms with Crippen LogP contribution in [-0.2, 0) is 16.1 Å². The average molecular weight is 381 g/mol. The normalized spacial score (nSPS) is 20.9. The Balaban J connectivity index is 1.52. The molecule has 1 atom stereocenters. The third kappa shape index (κ3) is 4.19. The van der Waals surface area contributed by atoms with Crippen molar-refractivity contribution in [2.75, 3.05) is 13.2 Å². The summed E-state index contributed by atoms with van der Waals surface area (Å²) in [5.74, 6) is -0.213. The number of imide groups is 1. The number of rotatable bonds is 6. The van der Waals surface area contributed by atoms with Crippen molar-refractivity contribution in [1.29, 1.82) is 0 Å². The van der Waals surface area contributed by atoms with Crippen LogP contribution >= 0.6 is 11.6 Å². The number of hydrogen-bond acceptors (Lipinski definition) is 4. The van der Waals surface area contributed by atoms with Gasteiger partial charge < -0.3 is 15.2 Å². The van der Waals surface area contributed by atoms with Gasteiger partial charge >= 0.3 is 6.03 Å². The fourth-order valence-corrected chi connectivity index (χ4v) is 3.89. The number of amides is 3. The SMILES string of the molecule is O=C1NC2(CCCCCC2)C(=O)N1CC(O)COCc1ccccc1Cl. The first-order valence-corrected chi connectivity index (χ1v) is 9.53. The second kappa shape index (κ2) is 8.37. The van der Waals surface area contributed by atoms with Crippen LogP contribution < -0.4 is 5.32 Å². The van der Waals surface area contributed by atoms with Crippen LogP contribution in [0.3, 0.4) is 0 Å². The maximum atomic E-state index is 12.8. The molecule has 1 aliphatic heterocycles. The molecular weight excluding hydrogens is 356 g/mol. The highest BCUT2D eigenvalue weighted by molar-refractivity contribution is 6.31. The molecule has 7 heteroatoms. The highest BCUT2D eigenvalue weighted by Crippen LogP contribution is 2.32. The molecule has 2 fully saturated rings. The topological polar surface area (TPSA) is 78.9 Å². The van der Waals surface area contributed by atoms with E-state index in [0.717, 1.165) is 36.1 Å². The highest BCUT2D eigenvalue weighted by atomic mass is 35.5. The number of benzene rings is 1. The average Bonchev–Trinajstić information content (AvgIpc) is 2.79. The van der Waals surface area contributed by atoms with Crippen molar-refractivity contribution >= 4 is 23.5 Å². The van der Waals surface area contributed by atoms with E-state index in [1.54, 1.807) is 6.07 Å². The minimum Gasteiger partial charge on any atom is -0.389 e. The van der Waals surface area contributed by atoms with Crippen molar-refractivity contribution in [3.63, 3.8) is 0 Å². The van der Waals surface area contributed by atoms with Crippen LogP contribution in [0.2, 0.25) is 5.02 Å². The Bertz CT molecular complexity index is 659. The molecule has 0 radical (unpaired) electrons. The smallest absolute Gasteiger partial charge is 0.325 e. The molecule has 0 bridgehead atoms. The Morgan fingerprint density at radius 1 is 1.19 bits per heavy atom. The lowest BCUT2D eigenvalue weighted by molar-refractivity contribution is -0.133. The number of carbonyl (C=O) groups is 2. The Morgan fingerprint density at radius 2 is 1.88 bits per heavy atom. The number of halogens is 1. The summed E-state index contributed by atoms with van der Waals surface area (Å²) < 4.78 is 5.50. The lowest BCUT2D eigenvalue weighted by Gasteiger charge is -2.25. The maximum absolute atomic E-state index is 12.8. The number of nitrogens with one attached hydrogen (secondary N) is 1. The zero-order valence-electron chi connectivity index (χ0n) is 14.7. The van der Waals surface area contributed by atoms with Gasteiger partial charge in [-0.3, -0.25) is 9.69 Å². The van der Waals surface area contributed by atoms with Crippen molar-refractivity contribution in [3.05, 3.63) is 34.9 Å². The Hall–Kier alpha value is -1.63. The molecule has 0 aromatic heterocycles. The van der Waals surface area contributed by atoms with Crippen LogP contribution in [0.5, 0.6) is 0 Å². The Labute approximate surface area is 158 Å². The van der Waals surface area contributed by atoms with Crippen molar-refractivity contribution in [2.24, 2.45) is 0 Å². The minimum absolute atomic E-state index is 0.0231.